The highest BCUT2D eigenvalue weighted by Gasteiger charge is 2.24. The van der Waals surface area contributed by atoms with Crippen LogP contribution in [-0.4, -0.2) is 12.1 Å². The van der Waals surface area contributed by atoms with Crippen LogP contribution in [0.5, 0.6) is 0 Å². The van der Waals surface area contributed by atoms with Crippen LogP contribution >= 0.6 is 0 Å². The maximum Gasteiger partial charge on any atom is 0.125 e. The van der Waals surface area contributed by atoms with Gasteiger partial charge in [-0.2, -0.15) is 0 Å². The molecule has 0 radical (unpaired) electrons. The Morgan fingerprint density at radius 1 is 1.38 bits per heavy atom. The number of hydrogen-bond acceptors (Lipinski definition) is 2. The molecule has 1 rings (SSSR count). The number of benzene rings is 1. The summed E-state index contributed by atoms with van der Waals surface area (Å²) in [5.74, 6) is -0.219. The Bertz CT molecular complexity index is 321. The van der Waals surface area contributed by atoms with E-state index in [1.165, 1.54) is 12.1 Å². The first-order valence-corrected chi connectivity index (χ1v) is 5.89. The third-order valence-corrected chi connectivity index (χ3v) is 3.03. The fraction of sp³-hybridized carbons (Fsp3) is 0.538. The standard InChI is InChI=1S/C13H21FN2/c1-3-8-13(4-2,10-15)16-12-7-5-6-11(14)9-12/h5-7,9,16H,3-4,8,10,15H2,1-2H3. The quantitative estimate of drug-likeness (QED) is 0.779. The molecule has 0 bridgehead atoms. The van der Waals surface area contributed by atoms with Crippen LogP contribution in [0.3, 0.4) is 0 Å². The molecule has 1 atom stereocenters. The Labute approximate surface area is 97.0 Å². The molecule has 1 unspecified atom stereocenters. The number of anilines is 1. The van der Waals surface area contributed by atoms with E-state index in [0.29, 0.717) is 6.54 Å². The first-order chi connectivity index (χ1) is 7.65. The van der Waals surface area contributed by atoms with Crippen molar-refractivity contribution in [3.63, 3.8) is 0 Å². The van der Waals surface area contributed by atoms with Crippen LogP contribution in [0, 0.1) is 5.82 Å². The van der Waals surface area contributed by atoms with Crippen molar-refractivity contribution >= 4 is 5.69 Å². The molecule has 0 heterocycles. The lowest BCUT2D eigenvalue weighted by Gasteiger charge is -2.33. The van der Waals surface area contributed by atoms with E-state index in [4.69, 9.17) is 5.73 Å². The van der Waals surface area contributed by atoms with Gasteiger partial charge in [0.1, 0.15) is 5.82 Å². The van der Waals surface area contributed by atoms with Crippen molar-refractivity contribution in [2.45, 2.75) is 38.6 Å². The summed E-state index contributed by atoms with van der Waals surface area (Å²) in [6, 6.07) is 6.54. The second kappa shape index (κ2) is 5.85. The first-order valence-electron chi connectivity index (χ1n) is 5.89. The lowest BCUT2D eigenvalue weighted by molar-refractivity contribution is 0.421. The predicted molar refractivity (Wildman–Crippen MR) is 67.0 cm³/mol. The molecule has 0 spiro atoms. The molecule has 90 valence electrons. The van der Waals surface area contributed by atoms with Crippen LogP contribution < -0.4 is 11.1 Å². The molecule has 0 aliphatic heterocycles. The van der Waals surface area contributed by atoms with Gasteiger partial charge >= 0.3 is 0 Å². The van der Waals surface area contributed by atoms with Gasteiger partial charge in [0, 0.05) is 17.8 Å². The Morgan fingerprint density at radius 3 is 2.62 bits per heavy atom. The highest BCUT2D eigenvalue weighted by molar-refractivity contribution is 5.45. The van der Waals surface area contributed by atoms with Crippen molar-refractivity contribution in [3.8, 4) is 0 Å². The molecule has 16 heavy (non-hydrogen) atoms. The van der Waals surface area contributed by atoms with E-state index in [2.05, 4.69) is 19.2 Å². The first kappa shape index (κ1) is 13.0. The average molecular weight is 224 g/mol. The van der Waals surface area contributed by atoms with E-state index < -0.39 is 0 Å². The third-order valence-electron chi connectivity index (χ3n) is 3.03. The summed E-state index contributed by atoms with van der Waals surface area (Å²) in [6.45, 7) is 4.80. The van der Waals surface area contributed by atoms with Crippen LogP contribution in [0.25, 0.3) is 0 Å². The number of halogens is 1. The summed E-state index contributed by atoms with van der Waals surface area (Å²) in [7, 11) is 0. The highest BCUT2D eigenvalue weighted by Crippen LogP contribution is 2.23. The normalized spacial score (nSPS) is 14.5. The molecule has 3 N–H and O–H groups in total. The van der Waals surface area contributed by atoms with Gasteiger partial charge in [0.05, 0.1) is 0 Å². The van der Waals surface area contributed by atoms with Gasteiger partial charge in [0.25, 0.3) is 0 Å². The van der Waals surface area contributed by atoms with Crippen molar-refractivity contribution in [1.82, 2.24) is 0 Å². The van der Waals surface area contributed by atoms with Gasteiger partial charge in [-0.05, 0) is 31.0 Å². The maximum atomic E-state index is 13.1. The van der Waals surface area contributed by atoms with E-state index in [1.54, 1.807) is 6.07 Å². The minimum atomic E-state index is -0.219. The van der Waals surface area contributed by atoms with Gasteiger partial charge in [-0.25, -0.2) is 4.39 Å². The summed E-state index contributed by atoms with van der Waals surface area (Å²) >= 11 is 0. The van der Waals surface area contributed by atoms with Crippen LogP contribution in [0.4, 0.5) is 10.1 Å². The molecular formula is C13H21FN2. The molecule has 0 saturated carbocycles. The number of nitrogens with one attached hydrogen (secondary N) is 1. The van der Waals surface area contributed by atoms with Crippen LogP contribution in [0.15, 0.2) is 24.3 Å². The highest BCUT2D eigenvalue weighted by atomic mass is 19.1. The summed E-state index contributed by atoms with van der Waals surface area (Å²) in [5, 5.41) is 3.37. The second-order valence-corrected chi connectivity index (χ2v) is 4.22. The zero-order valence-corrected chi connectivity index (χ0v) is 10.1. The summed E-state index contributed by atoms with van der Waals surface area (Å²) < 4.78 is 13.1. The molecule has 3 heteroatoms. The van der Waals surface area contributed by atoms with Gasteiger partial charge in [-0.1, -0.05) is 26.3 Å². The summed E-state index contributed by atoms with van der Waals surface area (Å²) in [5.41, 5.74) is 6.53. The Kier molecular flexibility index (Phi) is 4.74. The Morgan fingerprint density at radius 2 is 2.12 bits per heavy atom. The molecule has 0 aromatic heterocycles. The fourth-order valence-electron chi connectivity index (χ4n) is 1.98. The van der Waals surface area contributed by atoms with Crippen molar-refractivity contribution in [2.24, 2.45) is 5.73 Å². The Balaban J connectivity index is 2.82. The fourth-order valence-corrected chi connectivity index (χ4v) is 1.98. The van der Waals surface area contributed by atoms with Crippen molar-refractivity contribution in [1.29, 1.82) is 0 Å². The third kappa shape index (κ3) is 3.20. The molecule has 0 aliphatic carbocycles. The second-order valence-electron chi connectivity index (χ2n) is 4.22. The number of nitrogens with two attached hydrogens (primary N) is 1. The van der Waals surface area contributed by atoms with Crippen LogP contribution in [0.2, 0.25) is 0 Å². The van der Waals surface area contributed by atoms with E-state index in [-0.39, 0.29) is 11.4 Å². The lowest BCUT2D eigenvalue weighted by Crippen LogP contribution is -2.44. The predicted octanol–water partition coefficient (Wildman–Crippen LogP) is 3.15. The molecule has 0 aliphatic rings. The van der Waals surface area contributed by atoms with E-state index in [1.807, 2.05) is 6.07 Å². The minimum absolute atomic E-state index is 0.109. The van der Waals surface area contributed by atoms with Gasteiger partial charge in [0.15, 0.2) is 0 Å². The summed E-state index contributed by atoms with van der Waals surface area (Å²) in [6.07, 6.45) is 3.00. The lowest BCUT2D eigenvalue weighted by atomic mass is 9.90. The van der Waals surface area contributed by atoms with E-state index in [9.17, 15) is 4.39 Å². The molecule has 0 saturated heterocycles. The average Bonchev–Trinajstić information content (AvgIpc) is 2.28. The largest absolute Gasteiger partial charge is 0.378 e. The van der Waals surface area contributed by atoms with Crippen molar-refractivity contribution in [2.75, 3.05) is 11.9 Å². The number of hydrogen-bond donors (Lipinski definition) is 2. The molecule has 0 amide bonds. The van der Waals surface area contributed by atoms with E-state index in [0.717, 1.165) is 24.9 Å². The van der Waals surface area contributed by atoms with Crippen LogP contribution in [-0.2, 0) is 0 Å². The molecule has 1 aromatic carbocycles. The summed E-state index contributed by atoms with van der Waals surface area (Å²) in [4.78, 5) is 0. The van der Waals surface area contributed by atoms with E-state index >= 15 is 0 Å². The molecule has 2 nitrogen and oxygen atoms in total. The smallest absolute Gasteiger partial charge is 0.125 e. The number of rotatable bonds is 6. The zero-order valence-electron chi connectivity index (χ0n) is 10.1. The van der Waals surface area contributed by atoms with Gasteiger partial charge in [-0.15, -0.1) is 0 Å². The minimum Gasteiger partial charge on any atom is -0.378 e. The van der Waals surface area contributed by atoms with Crippen molar-refractivity contribution < 1.29 is 4.39 Å². The monoisotopic (exact) mass is 224 g/mol. The molecular weight excluding hydrogens is 203 g/mol. The zero-order chi connectivity index (χ0) is 12.0. The SMILES string of the molecule is CCCC(CC)(CN)Nc1cccc(F)c1. The van der Waals surface area contributed by atoms with Crippen molar-refractivity contribution in [3.05, 3.63) is 30.1 Å². The van der Waals surface area contributed by atoms with Crippen LogP contribution in [0.1, 0.15) is 33.1 Å². The van der Waals surface area contributed by atoms with Gasteiger partial charge < -0.3 is 11.1 Å². The maximum absolute atomic E-state index is 13.1. The van der Waals surface area contributed by atoms with Gasteiger partial charge in [0.2, 0.25) is 0 Å². The Hall–Kier alpha value is -1.09. The topological polar surface area (TPSA) is 38.0 Å². The molecule has 1 aromatic rings. The van der Waals surface area contributed by atoms with Gasteiger partial charge in [-0.3, -0.25) is 0 Å². The molecule has 0 fully saturated rings.